The first kappa shape index (κ1) is 20.2. The average molecular weight is 395 g/mol. The summed E-state index contributed by atoms with van der Waals surface area (Å²) in [5.41, 5.74) is 6.30. The summed E-state index contributed by atoms with van der Waals surface area (Å²) in [4.78, 5) is 13.2. The summed E-state index contributed by atoms with van der Waals surface area (Å²) in [6, 6.07) is 16.6. The number of carboxylic acids is 1. The van der Waals surface area contributed by atoms with E-state index in [1.165, 1.54) is 16.0 Å². The molecule has 0 bridgehead atoms. The van der Waals surface area contributed by atoms with Crippen molar-refractivity contribution in [3.8, 4) is 5.69 Å². The Labute approximate surface area is 170 Å². The van der Waals surface area contributed by atoms with Gasteiger partial charge in [-0.2, -0.15) is 0 Å². The van der Waals surface area contributed by atoms with Crippen LogP contribution in [-0.4, -0.2) is 21.9 Å². The number of carbonyl (C=O) groups is 1. The van der Waals surface area contributed by atoms with Gasteiger partial charge in [0.05, 0.1) is 5.56 Å². The number of benzene rings is 2. The Kier molecular flexibility index (Phi) is 6.27. The first-order valence-electron chi connectivity index (χ1n) is 9.27. The third-order valence-corrected chi connectivity index (χ3v) is 5.81. The second kappa shape index (κ2) is 8.67. The minimum atomic E-state index is -0.882. The molecule has 0 unspecified atom stereocenters. The predicted molar refractivity (Wildman–Crippen MR) is 116 cm³/mol. The molecule has 0 radical (unpaired) electrons. The van der Waals surface area contributed by atoms with Crippen LogP contribution in [0.5, 0.6) is 0 Å². The van der Waals surface area contributed by atoms with E-state index in [9.17, 15) is 9.90 Å². The number of carboxylic acid groups (broad SMARTS) is 1. The van der Waals surface area contributed by atoms with Crippen LogP contribution in [0.4, 0.5) is 0 Å². The fraction of sp³-hybridized carbons (Fsp3) is 0.261. The lowest BCUT2D eigenvalue weighted by molar-refractivity contribution is 0.0695. The van der Waals surface area contributed by atoms with Gasteiger partial charge in [0.25, 0.3) is 0 Å². The molecule has 0 fully saturated rings. The molecule has 0 saturated carbocycles. The number of nitrogens with zero attached hydrogens (tertiary/aromatic N) is 1. The molecule has 3 aromatic rings. The molecule has 5 heteroatoms. The second-order valence-electron chi connectivity index (χ2n) is 6.95. The maximum atomic E-state index is 12.0. The Morgan fingerprint density at radius 3 is 2.18 bits per heavy atom. The van der Waals surface area contributed by atoms with Gasteiger partial charge in [0, 0.05) is 40.6 Å². The number of hydrogen-bond acceptors (Lipinski definition) is 3. The molecule has 0 saturated heterocycles. The second-order valence-corrected chi connectivity index (χ2v) is 7.83. The Morgan fingerprint density at radius 2 is 1.61 bits per heavy atom. The predicted octanol–water partition coefficient (Wildman–Crippen LogP) is 5.11. The molecule has 0 amide bonds. The SMILES string of the molecule is CSc1ccc(CNCc2c(C(=O)O)c(C)n(-c3ccc(C)cc3)c2C)cc1. The molecule has 2 N–H and O–H groups in total. The minimum absolute atomic E-state index is 0.392. The van der Waals surface area contributed by atoms with Crippen molar-refractivity contribution in [2.45, 2.75) is 38.8 Å². The van der Waals surface area contributed by atoms with E-state index < -0.39 is 5.97 Å². The van der Waals surface area contributed by atoms with Gasteiger partial charge in [0.1, 0.15) is 0 Å². The highest BCUT2D eigenvalue weighted by Crippen LogP contribution is 2.27. The van der Waals surface area contributed by atoms with Crippen LogP contribution in [0.1, 0.15) is 38.4 Å². The summed E-state index contributed by atoms with van der Waals surface area (Å²) in [6.45, 7) is 7.12. The standard InChI is InChI=1S/C23H26N2O2S/c1-15-5-9-19(10-6-15)25-16(2)21(22(17(25)3)23(26)27)14-24-13-18-7-11-20(28-4)12-8-18/h5-12,24H,13-14H2,1-4H3,(H,26,27). The Morgan fingerprint density at radius 1 is 0.964 bits per heavy atom. The van der Waals surface area contributed by atoms with E-state index >= 15 is 0 Å². The smallest absolute Gasteiger partial charge is 0.337 e. The number of rotatable bonds is 7. The van der Waals surface area contributed by atoms with Crippen LogP contribution in [0.3, 0.4) is 0 Å². The Balaban J connectivity index is 1.86. The minimum Gasteiger partial charge on any atom is -0.478 e. The number of nitrogens with one attached hydrogen (secondary N) is 1. The van der Waals surface area contributed by atoms with Crippen molar-refractivity contribution in [3.63, 3.8) is 0 Å². The zero-order valence-corrected chi connectivity index (χ0v) is 17.6. The summed E-state index contributed by atoms with van der Waals surface area (Å²) in [5.74, 6) is -0.882. The molecule has 3 rings (SSSR count). The van der Waals surface area contributed by atoms with E-state index in [1.807, 2.05) is 49.6 Å². The van der Waals surface area contributed by atoms with Crippen LogP contribution in [0, 0.1) is 20.8 Å². The first-order valence-corrected chi connectivity index (χ1v) is 10.5. The van der Waals surface area contributed by atoms with Gasteiger partial charge < -0.3 is 15.0 Å². The molecule has 0 spiro atoms. The third kappa shape index (κ3) is 4.16. The molecule has 0 aliphatic rings. The molecular weight excluding hydrogens is 368 g/mol. The van der Waals surface area contributed by atoms with Crippen molar-refractivity contribution < 1.29 is 9.90 Å². The van der Waals surface area contributed by atoms with Gasteiger partial charge in [-0.25, -0.2) is 4.79 Å². The molecule has 2 aromatic carbocycles. The Bertz CT molecular complexity index is 973. The molecule has 0 aliphatic heterocycles. The van der Waals surface area contributed by atoms with Gasteiger partial charge in [-0.05, 0) is 56.9 Å². The summed E-state index contributed by atoms with van der Waals surface area (Å²) in [7, 11) is 0. The van der Waals surface area contributed by atoms with Crippen LogP contribution in [0.15, 0.2) is 53.4 Å². The molecule has 1 heterocycles. The molecule has 146 valence electrons. The van der Waals surface area contributed by atoms with Gasteiger partial charge in [-0.1, -0.05) is 29.8 Å². The van der Waals surface area contributed by atoms with Gasteiger partial charge in [-0.3, -0.25) is 0 Å². The largest absolute Gasteiger partial charge is 0.478 e. The van der Waals surface area contributed by atoms with Crippen LogP contribution < -0.4 is 5.32 Å². The van der Waals surface area contributed by atoms with E-state index in [2.05, 4.69) is 35.8 Å². The Hall–Kier alpha value is -2.50. The normalized spacial score (nSPS) is 11.0. The average Bonchev–Trinajstić information content (AvgIpc) is 2.93. The van der Waals surface area contributed by atoms with Crippen molar-refractivity contribution in [1.82, 2.24) is 9.88 Å². The zero-order chi connectivity index (χ0) is 20.3. The van der Waals surface area contributed by atoms with Gasteiger partial charge in [0.15, 0.2) is 0 Å². The van der Waals surface area contributed by atoms with Crippen molar-refractivity contribution >= 4 is 17.7 Å². The van der Waals surface area contributed by atoms with Gasteiger partial charge >= 0.3 is 5.97 Å². The first-order chi connectivity index (χ1) is 13.4. The van der Waals surface area contributed by atoms with Crippen molar-refractivity contribution in [3.05, 3.63) is 82.2 Å². The number of aryl methyl sites for hydroxylation is 1. The number of thioether (sulfide) groups is 1. The van der Waals surface area contributed by atoms with Crippen molar-refractivity contribution in [2.75, 3.05) is 6.26 Å². The molecule has 0 aliphatic carbocycles. The summed E-state index contributed by atoms with van der Waals surface area (Å²) < 4.78 is 2.03. The van der Waals surface area contributed by atoms with Crippen molar-refractivity contribution in [1.29, 1.82) is 0 Å². The van der Waals surface area contributed by atoms with E-state index in [4.69, 9.17) is 0 Å². The van der Waals surface area contributed by atoms with Crippen LogP contribution in [-0.2, 0) is 13.1 Å². The van der Waals surface area contributed by atoms with E-state index in [-0.39, 0.29) is 0 Å². The lowest BCUT2D eigenvalue weighted by Gasteiger charge is -2.11. The molecular formula is C23H26N2O2S. The maximum Gasteiger partial charge on any atom is 0.337 e. The molecule has 4 nitrogen and oxygen atoms in total. The highest BCUT2D eigenvalue weighted by Gasteiger charge is 2.23. The number of hydrogen-bond donors (Lipinski definition) is 2. The monoisotopic (exact) mass is 394 g/mol. The maximum absolute atomic E-state index is 12.0. The van der Waals surface area contributed by atoms with Crippen LogP contribution in [0.25, 0.3) is 5.69 Å². The fourth-order valence-electron chi connectivity index (χ4n) is 3.55. The van der Waals surface area contributed by atoms with E-state index in [0.29, 0.717) is 18.7 Å². The third-order valence-electron chi connectivity index (χ3n) is 5.07. The van der Waals surface area contributed by atoms with Gasteiger partial charge in [-0.15, -0.1) is 11.8 Å². The summed E-state index contributed by atoms with van der Waals surface area (Å²) >= 11 is 1.72. The van der Waals surface area contributed by atoms with Crippen LogP contribution in [0.2, 0.25) is 0 Å². The van der Waals surface area contributed by atoms with E-state index in [1.54, 1.807) is 11.8 Å². The molecule has 0 atom stereocenters. The number of aromatic nitrogens is 1. The highest BCUT2D eigenvalue weighted by molar-refractivity contribution is 7.98. The molecule has 1 aromatic heterocycles. The quantitative estimate of drug-likeness (QED) is 0.547. The lowest BCUT2D eigenvalue weighted by atomic mass is 10.1. The zero-order valence-electron chi connectivity index (χ0n) is 16.7. The fourth-order valence-corrected chi connectivity index (χ4v) is 3.96. The lowest BCUT2D eigenvalue weighted by Crippen LogP contribution is -2.15. The number of aromatic carboxylic acids is 1. The summed E-state index contributed by atoms with van der Waals surface area (Å²) in [5, 5.41) is 13.2. The highest BCUT2D eigenvalue weighted by atomic mass is 32.2. The topological polar surface area (TPSA) is 54.3 Å². The van der Waals surface area contributed by atoms with Gasteiger partial charge in [0.2, 0.25) is 0 Å². The molecule has 28 heavy (non-hydrogen) atoms. The van der Waals surface area contributed by atoms with E-state index in [0.717, 1.165) is 22.6 Å². The summed E-state index contributed by atoms with van der Waals surface area (Å²) in [6.07, 6.45) is 2.06. The van der Waals surface area contributed by atoms with Crippen LogP contribution >= 0.6 is 11.8 Å². The van der Waals surface area contributed by atoms with Crippen molar-refractivity contribution in [2.24, 2.45) is 0 Å².